The molecule has 2 aromatic rings. The van der Waals surface area contributed by atoms with Crippen LogP contribution in [0.1, 0.15) is 16.1 Å². The van der Waals surface area contributed by atoms with E-state index in [1.807, 2.05) is 0 Å². The third kappa shape index (κ3) is 4.84. The lowest BCUT2D eigenvalue weighted by molar-refractivity contribution is -0.277. The van der Waals surface area contributed by atoms with Gasteiger partial charge in [0.15, 0.2) is 11.5 Å². The minimum Gasteiger partial charge on any atom is -0.493 e. The minimum atomic E-state index is -1.55. The van der Waals surface area contributed by atoms with Gasteiger partial charge in [0.25, 0.3) is 0 Å². The smallest absolute Gasteiger partial charge is 0.229 e. The zero-order valence-electron chi connectivity index (χ0n) is 16.2. The summed E-state index contributed by atoms with van der Waals surface area (Å²) in [4.78, 5) is 16.1. The number of hydrogen-bond acceptors (Lipinski definition) is 9. The molecule has 9 heteroatoms. The van der Waals surface area contributed by atoms with Crippen LogP contribution in [0, 0.1) is 0 Å². The highest BCUT2D eigenvalue weighted by molar-refractivity contribution is 6.05. The van der Waals surface area contributed by atoms with Crippen LogP contribution in [-0.2, 0) is 4.74 Å². The van der Waals surface area contributed by atoms with Gasteiger partial charge in [-0.3, -0.25) is 9.78 Å². The number of carbonyl (C=O) groups is 1. The predicted octanol–water partition coefficient (Wildman–Crippen LogP) is 0.165. The molecule has 1 fully saturated rings. The van der Waals surface area contributed by atoms with Gasteiger partial charge in [-0.05, 0) is 35.9 Å². The van der Waals surface area contributed by atoms with Gasteiger partial charge in [0.1, 0.15) is 30.1 Å². The van der Waals surface area contributed by atoms with Crippen molar-refractivity contribution in [2.45, 2.75) is 30.7 Å². The van der Waals surface area contributed by atoms with Crippen molar-refractivity contribution in [3.8, 4) is 11.5 Å². The lowest BCUT2D eigenvalue weighted by Gasteiger charge is -2.39. The fraction of sp³-hybridized carbons (Fsp3) is 0.333. The maximum Gasteiger partial charge on any atom is 0.229 e. The number of methoxy groups -OCH3 is 1. The molecule has 1 aromatic carbocycles. The van der Waals surface area contributed by atoms with Crippen molar-refractivity contribution in [3.63, 3.8) is 0 Å². The second-order valence-electron chi connectivity index (χ2n) is 6.64. The number of rotatable bonds is 7. The Balaban J connectivity index is 1.74. The average molecular weight is 417 g/mol. The molecule has 4 N–H and O–H groups in total. The molecule has 0 spiro atoms. The van der Waals surface area contributed by atoms with E-state index in [2.05, 4.69) is 4.98 Å². The lowest BCUT2D eigenvalue weighted by Crippen LogP contribution is -2.60. The van der Waals surface area contributed by atoms with Gasteiger partial charge in [0.05, 0.1) is 13.7 Å². The standard InChI is InChI=1S/C21H23NO8/c1-28-16-10-12(5-7-14(24)13-4-2-3-9-22-13)6-8-15(16)29-21-20(27)19(26)18(25)17(11-23)30-21/h2-10,17-21,23,25-27H,11H2,1H3. The second kappa shape index (κ2) is 9.79. The molecule has 1 aliphatic rings. The Morgan fingerprint density at radius 3 is 2.60 bits per heavy atom. The highest BCUT2D eigenvalue weighted by atomic mass is 16.7. The summed E-state index contributed by atoms with van der Waals surface area (Å²) in [6, 6.07) is 9.88. The summed E-state index contributed by atoms with van der Waals surface area (Å²) in [6.07, 6.45) is -2.46. The van der Waals surface area contributed by atoms with Crippen LogP contribution in [0.3, 0.4) is 0 Å². The first-order chi connectivity index (χ1) is 14.4. The number of aromatic nitrogens is 1. The van der Waals surface area contributed by atoms with E-state index in [4.69, 9.17) is 14.2 Å². The van der Waals surface area contributed by atoms with Crippen LogP contribution in [-0.4, -0.2) is 75.6 Å². The Morgan fingerprint density at radius 2 is 1.93 bits per heavy atom. The molecular weight excluding hydrogens is 394 g/mol. The molecule has 1 saturated heterocycles. The highest BCUT2D eigenvalue weighted by Crippen LogP contribution is 2.32. The fourth-order valence-electron chi connectivity index (χ4n) is 2.94. The predicted molar refractivity (Wildman–Crippen MR) is 105 cm³/mol. The average Bonchev–Trinajstić information content (AvgIpc) is 2.78. The molecule has 1 aromatic heterocycles. The van der Waals surface area contributed by atoms with Crippen molar-refractivity contribution in [2.24, 2.45) is 0 Å². The zero-order valence-corrected chi connectivity index (χ0v) is 16.2. The Morgan fingerprint density at radius 1 is 1.13 bits per heavy atom. The Hall–Kier alpha value is -2.82. The molecule has 1 aliphatic heterocycles. The second-order valence-corrected chi connectivity index (χ2v) is 6.64. The number of allylic oxidation sites excluding steroid dienone is 1. The summed E-state index contributed by atoms with van der Waals surface area (Å²) >= 11 is 0. The van der Waals surface area contributed by atoms with E-state index in [1.54, 1.807) is 42.5 Å². The van der Waals surface area contributed by atoms with Crippen LogP contribution in [0.4, 0.5) is 0 Å². The normalized spacial score (nSPS) is 26.5. The van der Waals surface area contributed by atoms with Gasteiger partial charge in [-0.2, -0.15) is 0 Å². The van der Waals surface area contributed by atoms with Crippen molar-refractivity contribution in [3.05, 3.63) is 59.9 Å². The highest BCUT2D eigenvalue weighted by Gasteiger charge is 2.44. The number of hydrogen-bond donors (Lipinski definition) is 4. The monoisotopic (exact) mass is 417 g/mol. The van der Waals surface area contributed by atoms with Gasteiger partial charge in [-0.15, -0.1) is 0 Å². The summed E-state index contributed by atoms with van der Waals surface area (Å²) < 4.78 is 16.2. The molecule has 0 radical (unpaired) electrons. The number of aliphatic hydroxyl groups is 4. The van der Waals surface area contributed by atoms with Crippen molar-refractivity contribution in [2.75, 3.05) is 13.7 Å². The summed E-state index contributed by atoms with van der Waals surface area (Å²) in [5.74, 6) is 0.241. The minimum absolute atomic E-state index is 0.204. The number of aliphatic hydroxyl groups excluding tert-OH is 4. The molecule has 0 saturated carbocycles. The number of nitrogens with zero attached hydrogens (tertiary/aromatic N) is 1. The molecule has 5 unspecified atom stereocenters. The van der Waals surface area contributed by atoms with E-state index in [0.29, 0.717) is 17.0 Å². The van der Waals surface area contributed by atoms with Gasteiger partial charge < -0.3 is 34.6 Å². The van der Waals surface area contributed by atoms with Crippen LogP contribution in [0.15, 0.2) is 48.7 Å². The quantitative estimate of drug-likeness (QED) is 0.367. The van der Waals surface area contributed by atoms with Crippen LogP contribution in [0.25, 0.3) is 6.08 Å². The number of benzene rings is 1. The van der Waals surface area contributed by atoms with Crippen molar-refractivity contribution in [1.82, 2.24) is 4.98 Å². The van der Waals surface area contributed by atoms with E-state index >= 15 is 0 Å². The SMILES string of the molecule is COc1cc(C=CC(=O)c2ccccn2)ccc1OC1OC(CO)C(O)C(O)C1O. The van der Waals surface area contributed by atoms with Crippen molar-refractivity contribution < 1.29 is 39.4 Å². The summed E-state index contributed by atoms with van der Waals surface area (Å²) in [5, 5.41) is 39.1. The number of carbonyl (C=O) groups excluding carboxylic acids is 1. The first-order valence-electron chi connectivity index (χ1n) is 9.23. The van der Waals surface area contributed by atoms with Gasteiger partial charge in [-0.1, -0.05) is 18.2 Å². The molecule has 3 rings (SSSR count). The summed E-state index contributed by atoms with van der Waals surface area (Å²) in [6.45, 7) is -0.560. The lowest BCUT2D eigenvalue weighted by atomic mass is 9.99. The first-order valence-corrected chi connectivity index (χ1v) is 9.23. The van der Waals surface area contributed by atoms with Crippen LogP contribution in [0.5, 0.6) is 11.5 Å². The first kappa shape index (κ1) is 21.9. The van der Waals surface area contributed by atoms with Crippen LogP contribution in [0.2, 0.25) is 0 Å². The largest absolute Gasteiger partial charge is 0.493 e. The topological polar surface area (TPSA) is 139 Å². The maximum atomic E-state index is 12.1. The van der Waals surface area contributed by atoms with Gasteiger partial charge in [0, 0.05) is 6.20 Å². The third-order valence-corrected chi connectivity index (χ3v) is 4.62. The van der Waals surface area contributed by atoms with E-state index in [9.17, 15) is 25.2 Å². The zero-order chi connectivity index (χ0) is 21.7. The molecule has 0 aliphatic carbocycles. The van der Waals surface area contributed by atoms with Crippen molar-refractivity contribution >= 4 is 11.9 Å². The Labute approximate surface area is 172 Å². The Bertz CT molecular complexity index is 886. The van der Waals surface area contributed by atoms with E-state index in [-0.39, 0.29) is 11.5 Å². The van der Waals surface area contributed by atoms with Crippen LogP contribution >= 0.6 is 0 Å². The fourth-order valence-corrected chi connectivity index (χ4v) is 2.94. The molecule has 0 bridgehead atoms. The van der Waals surface area contributed by atoms with E-state index in [1.165, 1.54) is 19.4 Å². The van der Waals surface area contributed by atoms with Gasteiger partial charge in [0.2, 0.25) is 12.1 Å². The van der Waals surface area contributed by atoms with Crippen LogP contribution < -0.4 is 9.47 Å². The number of ether oxygens (including phenoxy) is 3. The Kier molecular flexibility index (Phi) is 7.14. The van der Waals surface area contributed by atoms with Gasteiger partial charge >= 0.3 is 0 Å². The summed E-state index contributed by atoms with van der Waals surface area (Å²) in [7, 11) is 1.42. The molecule has 5 atom stereocenters. The molecular formula is C21H23NO8. The molecule has 0 amide bonds. The number of pyridine rings is 1. The van der Waals surface area contributed by atoms with Crippen molar-refractivity contribution in [1.29, 1.82) is 0 Å². The molecule has 160 valence electrons. The maximum absolute atomic E-state index is 12.1. The van der Waals surface area contributed by atoms with E-state index in [0.717, 1.165) is 0 Å². The van der Waals surface area contributed by atoms with E-state index < -0.39 is 37.3 Å². The third-order valence-electron chi connectivity index (χ3n) is 4.62. The summed E-state index contributed by atoms with van der Waals surface area (Å²) in [5.41, 5.74) is 0.973. The van der Waals surface area contributed by atoms with Gasteiger partial charge in [-0.25, -0.2) is 0 Å². The molecule has 30 heavy (non-hydrogen) atoms. The molecule has 9 nitrogen and oxygen atoms in total. The molecule has 2 heterocycles. The number of ketones is 1.